The number of thioether (sulfide) groups is 1. The van der Waals surface area contributed by atoms with Crippen molar-refractivity contribution >= 4 is 23.7 Å². The van der Waals surface area contributed by atoms with Gasteiger partial charge in [0.15, 0.2) is 0 Å². The monoisotopic (exact) mass is 387 g/mol. The van der Waals surface area contributed by atoms with Gasteiger partial charge in [0.1, 0.15) is 0 Å². The summed E-state index contributed by atoms with van der Waals surface area (Å²) in [6.45, 7) is 5.86. The van der Waals surface area contributed by atoms with Gasteiger partial charge in [0.25, 0.3) is 0 Å². The topological polar surface area (TPSA) is 35.6 Å². The number of hydrogen-bond donors (Lipinski definition) is 1. The molecule has 8 heteroatoms. The molecule has 1 aliphatic rings. The highest BCUT2D eigenvalue weighted by Gasteiger charge is 2.28. The van der Waals surface area contributed by atoms with Crippen molar-refractivity contribution in [1.82, 2.24) is 15.1 Å². The highest BCUT2D eigenvalue weighted by Crippen LogP contribution is 2.36. The molecule has 1 aliphatic heterocycles. The number of nitrogens with one attached hydrogen (secondary N) is 1. The van der Waals surface area contributed by atoms with Crippen molar-refractivity contribution in [3.05, 3.63) is 35.9 Å². The molecule has 1 aromatic rings. The van der Waals surface area contributed by atoms with Crippen LogP contribution in [-0.2, 0) is 4.79 Å². The molecule has 0 aromatic heterocycles. The zero-order chi connectivity index (χ0) is 19.0. The second-order valence-corrected chi connectivity index (χ2v) is 7.38. The Balaban J connectivity index is 1.65. The number of rotatable bonds is 7. The van der Waals surface area contributed by atoms with Crippen LogP contribution in [0.25, 0.3) is 6.08 Å². The minimum atomic E-state index is -4.29. The summed E-state index contributed by atoms with van der Waals surface area (Å²) in [4.78, 5) is 16.6. The Bertz CT molecular complexity index is 597. The first-order valence-electron chi connectivity index (χ1n) is 8.54. The van der Waals surface area contributed by atoms with E-state index in [9.17, 15) is 18.0 Å². The van der Waals surface area contributed by atoms with Gasteiger partial charge < -0.3 is 15.1 Å². The minimum absolute atomic E-state index is 0.128. The normalized spacial score (nSPS) is 16.9. The van der Waals surface area contributed by atoms with Crippen molar-refractivity contribution in [3.8, 4) is 0 Å². The van der Waals surface area contributed by atoms with Gasteiger partial charge in [0.2, 0.25) is 5.91 Å². The van der Waals surface area contributed by atoms with Crippen LogP contribution in [0.15, 0.2) is 35.2 Å². The van der Waals surface area contributed by atoms with Crippen LogP contribution in [0.2, 0.25) is 0 Å². The van der Waals surface area contributed by atoms with Crippen molar-refractivity contribution in [2.45, 2.75) is 16.8 Å². The van der Waals surface area contributed by atoms with E-state index in [1.165, 1.54) is 18.2 Å². The molecule has 0 aliphatic carbocycles. The van der Waals surface area contributed by atoms with E-state index in [1.54, 1.807) is 18.2 Å². The fourth-order valence-corrected chi connectivity index (χ4v) is 3.14. The molecule has 1 N–H and O–H groups in total. The van der Waals surface area contributed by atoms with Gasteiger partial charge in [-0.05, 0) is 55.5 Å². The zero-order valence-corrected chi connectivity index (χ0v) is 15.6. The van der Waals surface area contributed by atoms with E-state index in [-0.39, 0.29) is 22.6 Å². The average Bonchev–Trinajstić information content (AvgIpc) is 2.58. The molecule has 0 bridgehead atoms. The first-order valence-corrected chi connectivity index (χ1v) is 9.36. The number of benzene rings is 1. The number of carbonyl (C=O) groups is 1. The third kappa shape index (κ3) is 8.25. The molecule has 0 atom stereocenters. The molecule has 4 nitrogen and oxygen atoms in total. The van der Waals surface area contributed by atoms with E-state index in [4.69, 9.17) is 0 Å². The third-order valence-corrected chi connectivity index (χ3v) is 4.83. The van der Waals surface area contributed by atoms with Crippen LogP contribution < -0.4 is 5.32 Å². The molecule has 1 aromatic carbocycles. The van der Waals surface area contributed by atoms with Gasteiger partial charge in [-0.15, -0.1) is 0 Å². The Labute approximate surface area is 156 Å². The number of hydrogen-bond acceptors (Lipinski definition) is 4. The molecule has 2 rings (SSSR count). The first-order chi connectivity index (χ1) is 12.3. The molecule has 26 heavy (non-hydrogen) atoms. The fraction of sp³-hybridized carbons (Fsp3) is 0.500. The summed E-state index contributed by atoms with van der Waals surface area (Å²) in [7, 11) is 2.12. The lowest BCUT2D eigenvalue weighted by Gasteiger charge is -2.32. The number of carbonyl (C=O) groups excluding carboxylic acids is 1. The summed E-state index contributed by atoms with van der Waals surface area (Å²) in [5.41, 5.74) is -3.61. The van der Waals surface area contributed by atoms with Crippen molar-refractivity contribution < 1.29 is 18.0 Å². The molecule has 0 saturated carbocycles. The maximum Gasteiger partial charge on any atom is 0.446 e. The minimum Gasteiger partial charge on any atom is -0.353 e. The van der Waals surface area contributed by atoms with Crippen LogP contribution in [0.5, 0.6) is 0 Å². The van der Waals surface area contributed by atoms with E-state index in [0.29, 0.717) is 12.1 Å². The maximum absolute atomic E-state index is 12.3. The number of nitrogens with zero attached hydrogens (tertiary/aromatic N) is 2. The summed E-state index contributed by atoms with van der Waals surface area (Å²) < 4.78 is 36.8. The number of likely N-dealkylation sites (N-methyl/N-ethyl adjacent to an activating group) is 1. The molecule has 1 heterocycles. The van der Waals surface area contributed by atoms with Gasteiger partial charge in [0.05, 0.1) is 0 Å². The van der Waals surface area contributed by atoms with E-state index in [2.05, 4.69) is 22.2 Å². The predicted octanol–water partition coefficient (Wildman–Crippen LogP) is 3.07. The van der Waals surface area contributed by atoms with Crippen LogP contribution in [0.4, 0.5) is 13.2 Å². The Hall–Kier alpha value is -1.51. The number of piperazine rings is 1. The Morgan fingerprint density at radius 1 is 1.19 bits per heavy atom. The quantitative estimate of drug-likeness (QED) is 0.443. The average molecular weight is 387 g/mol. The summed E-state index contributed by atoms with van der Waals surface area (Å²) >= 11 is -0.151. The van der Waals surface area contributed by atoms with Gasteiger partial charge >= 0.3 is 5.51 Å². The highest BCUT2D eigenvalue weighted by atomic mass is 32.2. The van der Waals surface area contributed by atoms with Crippen molar-refractivity contribution in [3.63, 3.8) is 0 Å². The van der Waals surface area contributed by atoms with Gasteiger partial charge in [-0.2, -0.15) is 13.2 Å². The van der Waals surface area contributed by atoms with E-state index in [0.717, 1.165) is 39.1 Å². The van der Waals surface area contributed by atoms with Gasteiger partial charge in [0, 0.05) is 43.7 Å². The van der Waals surface area contributed by atoms with Crippen molar-refractivity contribution in [1.29, 1.82) is 0 Å². The largest absolute Gasteiger partial charge is 0.446 e. The van der Waals surface area contributed by atoms with Crippen LogP contribution in [-0.4, -0.2) is 67.5 Å². The molecule has 1 amide bonds. The van der Waals surface area contributed by atoms with E-state index in [1.807, 2.05) is 0 Å². The Kier molecular flexibility index (Phi) is 7.99. The van der Waals surface area contributed by atoms with Crippen molar-refractivity contribution in [2.75, 3.05) is 46.3 Å². The third-order valence-electron chi connectivity index (χ3n) is 4.09. The summed E-state index contributed by atoms with van der Waals surface area (Å²) in [5.74, 6) is -0.197. The molecule has 1 saturated heterocycles. The Morgan fingerprint density at radius 2 is 1.85 bits per heavy atom. The number of amides is 1. The summed E-state index contributed by atoms with van der Waals surface area (Å²) in [5, 5.41) is 2.83. The molecule has 0 unspecified atom stereocenters. The van der Waals surface area contributed by atoms with Crippen LogP contribution in [0, 0.1) is 0 Å². The van der Waals surface area contributed by atoms with E-state index < -0.39 is 5.51 Å². The Morgan fingerprint density at radius 3 is 2.46 bits per heavy atom. The maximum atomic E-state index is 12.3. The molecular weight excluding hydrogens is 363 g/mol. The number of alkyl halides is 3. The smallest absolute Gasteiger partial charge is 0.353 e. The van der Waals surface area contributed by atoms with E-state index >= 15 is 0 Å². The molecule has 0 radical (unpaired) electrons. The second-order valence-electron chi connectivity index (χ2n) is 6.24. The van der Waals surface area contributed by atoms with Crippen molar-refractivity contribution in [2.24, 2.45) is 0 Å². The fourth-order valence-electron chi connectivity index (χ4n) is 2.60. The molecule has 1 fully saturated rings. The van der Waals surface area contributed by atoms with Gasteiger partial charge in [-0.25, -0.2) is 0 Å². The lowest BCUT2D eigenvalue weighted by molar-refractivity contribution is -0.116. The first kappa shape index (κ1) is 20.8. The lowest BCUT2D eigenvalue weighted by Crippen LogP contribution is -2.45. The van der Waals surface area contributed by atoms with Crippen LogP contribution in [0.1, 0.15) is 12.0 Å². The van der Waals surface area contributed by atoms with Gasteiger partial charge in [-0.1, -0.05) is 12.1 Å². The van der Waals surface area contributed by atoms with Crippen LogP contribution >= 0.6 is 11.8 Å². The molecular formula is C18H24F3N3OS. The highest BCUT2D eigenvalue weighted by molar-refractivity contribution is 8.00. The molecule has 0 spiro atoms. The second kappa shape index (κ2) is 9.99. The summed E-state index contributed by atoms with van der Waals surface area (Å²) in [6.07, 6.45) is 3.90. The zero-order valence-electron chi connectivity index (χ0n) is 14.8. The van der Waals surface area contributed by atoms with Crippen LogP contribution in [0.3, 0.4) is 0 Å². The van der Waals surface area contributed by atoms with Gasteiger partial charge in [-0.3, -0.25) is 4.79 Å². The SMILES string of the molecule is CN1CCN(CCCNC(=O)C=Cc2ccc(SC(F)(F)F)cc2)CC1. The standard InChI is InChI=1S/C18H24F3N3OS/c1-23-11-13-24(14-12-23)10-2-9-22-17(25)8-5-15-3-6-16(7-4-15)26-18(19,20)21/h3-8H,2,9-14H2,1H3,(H,22,25). The summed E-state index contributed by atoms with van der Waals surface area (Å²) in [6, 6.07) is 5.91. The number of halogens is 3. The lowest BCUT2D eigenvalue weighted by atomic mass is 10.2. The predicted molar refractivity (Wildman–Crippen MR) is 99.0 cm³/mol. The molecule has 144 valence electrons.